The van der Waals surface area contributed by atoms with Crippen molar-refractivity contribution in [2.24, 2.45) is 0 Å². The van der Waals surface area contributed by atoms with Gasteiger partial charge >= 0.3 is 17.9 Å². The first-order valence-electron chi connectivity index (χ1n) is 13.8. The van der Waals surface area contributed by atoms with Crippen LogP contribution < -0.4 is 0 Å². The second kappa shape index (κ2) is 17.8. The van der Waals surface area contributed by atoms with Crippen molar-refractivity contribution in [2.45, 2.75) is 103 Å². The maximum Gasteiger partial charge on any atom is 0.304 e. The molecule has 0 rings (SSSR count). The second-order valence-corrected chi connectivity index (χ2v) is 10.5. The van der Waals surface area contributed by atoms with Gasteiger partial charge in [0.1, 0.15) is 18.3 Å². The highest BCUT2D eigenvalue weighted by molar-refractivity contribution is 6.45. The van der Waals surface area contributed by atoms with Gasteiger partial charge in [0, 0.05) is 27.7 Å². The minimum Gasteiger partial charge on any atom is -0.440 e. The molecule has 20 heteroatoms. The maximum atomic E-state index is 13.2. The van der Waals surface area contributed by atoms with E-state index >= 15 is 0 Å². The molecule has 20 nitrogen and oxygen atoms in total. The number of aliphatic hydroxyl groups is 6. The summed E-state index contributed by atoms with van der Waals surface area (Å²) in [6, 6.07) is 0. The largest absolute Gasteiger partial charge is 0.440 e. The fraction of sp³-hybridized carbons (Fsp3) is 0.621. The third-order valence-corrected chi connectivity index (χ3v) is 6.90. The van der Waals surface area contributed by atoms with Gasteiger partial charge < -0.3 is 44.8 Å². The van der Waals surface area contributed by atoms with E-state index in [0.29, 0.717) is 34.6 Å². The lowest BCUT2D eigenvalue weighted by atomic mass is 9.70. The molecule has 0 amide bonds. The van der Waals surface area contributed by atoms with Crippen LogP contribution in [0.15, 0.2) is 0 Å². The van der Waals surface area contributed by atoms with Crippen LogP contribution in [0.25, 0.3) is 0 Å². The first-order chi connectivity index (χ1) is 22.1. The minimum absolute atomic E-state index is 0.674. The zero-order valence-corrected chi connectivity index (χ0v) is 28.0. The van der Waals surface area contributed by atoms with Gasteiger partial charge in [-0.15, -0.1) is 0 Å². The van der Waals surface area contributed by atoms with Gasteiger partial charge in [0.25, 0.3) is 22.6 Å². The highest BCUT2D eigenvalue weighted by Crippen LogP contribution is 2.35. The number of Topliss-reactive ketones (excluding diaryl/α,β-unsaturated/α-hetero) is 8. The molecule has 0 spiro atoms. The van der Waals surface area contributed by atoms with E-state index in [0.717, 1.165) is 27.7 Å². The number of ether oxygens (including phenoxy) is 3. The molecule has 0 saturated heterocycles. The van der Waals surface area contributed by atoms with Gasteiger partial charge in [-0.3, -0.25) is 52.7 Å². The van der Waals surface area contributed by atoms with Crippen LogP contribution in [0.1, 0.15) is 62.3 Å². The Kier molecular flexibility index (Phi) is 16.9. The molecule has 0 saturated carbocycles. The summed E-state index contributed by atoms with van der Waals surface area (Å²) in [5, 5.41) is 58.3. The van der Waals surface area contributed by atoms with E-state index in [-0.39, 0.29) is 0 Å². The number of hydrogen-bond donors (Lipinski definition) is 6. The van der Waals surface area contributed by atoms with Crippen LogP contribution in [0.4, 0.5) is 0 Å². The van der Waals surface area contributed by atoms with Crippen LogP contribution in [0.5, 0.6) is 0 Å². The lowest BCUT2D eigenvalue weighted by molar-refractivity contribution is -0.218. The van der Waals surface area contributed by atoms with Crippen molar-refractivity contribution in [1.82, 2.24) is 0 Å². The van der Waals surface area contributed by atoms with Crippen LogP contribution in [0.3, 0.4) is 0 Å². The normalized spacial score (nSPS) is 16.6. The minimum atomic E-state index is -3.32. The number of hydrogen-bond acceptors (Lipinski definition) is 20. The van der Waals surface area contributed by atoms with E-state index in [1.54, 1.807) is 0 Å². The molecule has 0 bridgehead atoms. The van der Waals surface area contributed by atoms with E-state index in [4.69, 9.17) is 10.2 Å². The highest BCUT2D eigenvalue weighted by Gasteiger charge is 2.69. The first kappa shape index (κ1) is 46.6. The Labute approximate surface area is 278 Å². The molecule has 0 radical (unpaired) electrons. The number of ketones is 8. The first-order valence-corrected chi connectivity index (χ1v) is 13.8. The molecule has 0 fully saturated rings. The summed E-state index contributed by atoms with van der Waals surface area (Å²) < 4.78 is 13.9. The summed E-state index contributed by atoms with van der Waals surface area (Å²) in [5.41, 5.74) is -13.1. The average molecular weight is 709 g/mol. The standard InChI is InChI=1S/C16H22O11.C13H18O9/c1-7(18)15(8(2)19,26-10(4)21)14(25)16(9(3)20,27-11(5)22)13(24)12(23)6-17;1-6(15)11(20)13(8(3)17,22-9(4)18)12(21,7(2)16)10(19)5-14/h12-13,17,23-24H,6H2,1-5H3;10,14,19,21H,5H2,1-4H3/t12-,13-,16+;10-,12+,13+/m11/s1. The fourth-order valence-corrected chi connectivity index (χ4v) is 4.62. The Morgan fingerprint density at radius 2 is 0.959 bits per heavy atom. The number of rotatable bonds is 18. The molecule has 6 atom stereocenters. The number of carbonyl (C=O) groups is 11. The van der Waals surface area contributed by atoms with Crippen LogP contribution in [-0.4, -0.2) is 149 Å². The van der Waals surface area contributed by atoms with Crippen LogP contribution >= 0.6 is 0 Å². The molecular formula is C29H40O20. The summed E-state index contributed by atoms with van der Waals surface area (Å²) >= 11 is 0. The van der Waals surface area contributed by atoms with Gasteiger partial charge in [0.05, 0.1) is 13.2 Å². The molecule has 0 aliphatic heterocycles. The molecule has 0 aliphatic carbocycles. The van der Waals surface area contributed by atoms with Crippen molar-refractivity contribution in [2.75, 3.05) is 13.2 Å². The SMILES string of the molecule is CC(=O)OC(C(C)=O)(C(C)=O)C(=O)[C@](OC(C)=O)(C(C)=O)[C@H](O)[C@H](O)CO.CC(=O)O[C@@](C(C)=O)(C(=O)C(C)=O)[C@](O)(C(C)=O)[C@H](O)CO. The topological polar surface area (TPSA) is 337 Å². The molecule has 49 heavy (non-hydrogen) atoms. The van der Waals surface area contributed by atoms with Crippen molar-refractivity contribution >= 4 is 64.2 Å². The monoisotopic (exact) mass is 708 g/mol. The smallest absolute Gasteiger partial charge is 0.304 e. The molecule has 6 N–H and O–H groups in total. The molecule has 0 aromatic rings. The van der Waals surface area contributed by atoms with Gasteiger partial charge in [-0.1, -0.05) is 0 Å². The second-order valence-electron chi connectivity index (χ2n) is 10.5. The van der Waals surface area contributed by atoms with Gasteiger partial charge in [-0.2, -0.15) is 0 Å². The molecule has 276 valence electrons. The van der Waals surface area contributed by atoms with Crippen molar-refractivity contribution in [1.29, 1.82) is 0 Å². The van der Waals surface area contributed by atoms with Crippen molar-refractivity contribution < 1.29 is 97.6 Å². The van der Waals surface area contributed by atoms with Gasteiger partial charge in [0.15, 0.2) is 34.7 Å². The van der Waals surface area contributed by atoms with Crippen LogP contribution in [0, 0.1) is 0 Å². The van der Waals surface area contributed by atoms with Crippen LogP contribution in [0.2, 0.25) is 0 Å². The summed E-state index contributed by atoms with van der Waals surface area (Å²) in [4.78, 5) is 131. The highest BCUT2D eigenvalue weighted by atomic mass is 16.6. The molecule has 0 unspecified atom stereocenters. The molecule has 0 heterocycles. The summed E-state index contributed by atoms with van der Waals surface area (Å²) in [6.45, 7) is 4.09. The van der Waals surface area contributed by atoms with Gasteiger partial charge in [0.2, 0.25) is 11.4 Å². The predicted molar refractivity (Wildman–Crippen MR) is 155 cm³/mol. The Hall–Kier alpha value is -4.47. The van der Waals surface area contributed by atoms with E-state index in [9.17, 15) is 73.2 Å². The van der Waals surface area contributed by atoms with Crippen LogP contribution in [-0.2, 0) is 67.0 Å². The van der Waals surface area contributed by atoms with E-state index < -0.39 is 118 Å². The van der Waals surface area contributed by atoms with Crippen molar-refractivity contribution in [3.8, 4) is 0 Å². The molecule has 0 aromatic carbocycles. The Balaban J connectivity index is 0. The molecule has 0 aromatic heterocycles. The molecule has 0 aliphatic rings. The zero-order valence-electron chi connectivity index (χ0n) is 28.0. The average Bonchev–Trinajstić information content (AvgIpc) is 2.97. The maximum absolute atomic E-state index is 13.2. The third-order valence-electron chi connectivity index (χ3n) is 6.90. The number of aliphatic hydroxyl groups excluding tert-OH is 5. The zero-order chi connectivity index (χ0) is 39.6. The molecular weight excluding hydrogens is 668 g/mol. The lowest BCUT2D eigenvalue weighted by Gasteiger charge is -2.42. The fourth-order valence-electron chi connectivity index (χ4n) is 4.62. The van der Waals surface area contributed by atoms with Gasteiger partial charge in [-0.05, 0) is 34.6 Å². The van der Waals surface area contributed by atoms with Crippen molar-refractivity contribution in [3.05, 3.63) is 0 Å². The predicted octanol–water partition coefficient (Wildman–Crippen LogP) is -4.65. The number of esters is 3. The van der Waals surface area contributed by atoms with E-state index in [2.05, 4.69) is 14.2 Å². The van der Waals surface area contributed by atoms with Gasteiger partial charge in [-0.25, -0.2) is 0 Å². The number of carbonyl (C=O) groups excluding carboxylic acids is 11. The van der Waals surface area contributed by atoms with Crippen molar-refractivity contribution in [3.63, 3.8) is 0 Å². The summed E-state index contributed by atoms with van der Waals surface area (Å²) in [7, 11) is 0. The summed E-state index contributed by atoms with van der Waals surface area (Å²) in [5.74, 6) is -15.4. The Morgan fingerprint density at radius 3 is 1.20 bits per heavy atom. The summed E-state index contributed by atoms with van der Waals surface area (Å²) in [6.07, 6.45) is -7.12. The van der Waals surface area contributed by atoms with E-state index in [1.807, 2.05) is 0 Å². The Morgan fingerprint density at radius 1 is 0.551 bits per heavy atom. The quantitative estimate of drug-likeness (QED) is 0.0337. The Bertz CT molecular complexity index is 1380. The third kappa shape index (κ3) is 8.96. The lowest BCUT2D eigenvalue weighted by Crippen LogP contribution is -2.74. The van der Waals surface area contributed by atoms with E-state index in [1.165, 1.54) is 0 Å².